The van der Waals surface area contributed by atoms with Crippen molar-refractivity contribution < 1.29 is 27.5 Å². The third-order valence-corrected chi connectivity index (χ3v) is 7.94. The molecule has 2 unspecified atom stereocenters. The average molecular weight is 584 g/mol. The van der Waals surface area contributed by atoms with Gasteiger partial charge in [-0.05, 0) is 55.4 Å². The molecule has 10 nitrogen and oxygen atoms in total. The maximum Gasteiger partial charge on any atom is 0.389 e. The van der Waals surface area contributed by atoms with Gasteiger partial charge in [0.25, 0.3) is 5.91 Å². The van der Waals surface area contributed by atoms with Crippen molar-refractivity contribution in [3.8, 4) is 0 Å². The van der Waals surface area contributed by atoms with Crippen molar-refractivity contribution in [3.05, 3.63) is 59.8 Å². The number of nitrogens with zero attached hydrogens (tertiary/aromatic N) is 6. The van der Waals surface area contributed by atoms with Crippen molar-refractivity contribution in [1.82, 2.24) is 29.3 Å². The van der Waals surface area contributed by atoms with E-state index in [0.29, 0.717) is 43.3 Å². The maximum atomic E-state index is 13.3. The van der Waals surface area contributed by atoms with Crippen LogP contribution in [0.15, 0.2) is 48.7 Å². The number of hydrogen-bond donors (Lipinski definition) is 1. The molecule has 222 valence electrons. The fourth-order valence-electron chi connectivity index (χ4n) is 5.80. The van der Waals surface area contributed by atoms with Crippen molar-refractivity contribution in [1.29, 1.82) is 0 Å². The quantitative estimate of drug-likeness (QED) is 0.474. The minimum Gasteiger partial charge on any atom is -0.373 e. The molecular weight excluding hydrogens is 551 g/mol. The van der Waals surface area contributed by atoms with E-state index in [2.05, 4.69) is 20.3 Å². The number of halogens is 3. The predicted molar refractivity (Wildman–Crippen MR) is 149 cm³/mol. The minimum absolute atomic E-state index is 0.00739. The third-order valence-electron chi connectivity index (χ3n) is 7.94. The summed E-state index contributed by atoms with van der Waals surface area (Å²) < 4.78 is 45.0. The zero-order valence-corrected chi connectivity index (χ0v) is 23.2. The molecule has 6 heterocycles. The van der Waals surface area contributed by atoms with E-state index in [1.807, 2.05) is 42.3 Å². The van der Waals surface area contributed by atoms with Crippen molar-refractivity contribution in [2.45, 2.75) is 37.6 Å². The highest BCUT2D eigenvalue weighted by Crippen LogP contribution is 2.28. The van der Waals surface area contributed by atoms with Crippen LogP contribution in [-0.4, -0.2) is 106 Å². The summed E-state index contributed by atoms with van der Waals surface area (Å²) in [5.41, 5.74) is 3.77. The van der Waals surface area contributed by atoms with E-state index in [0.717, 1.165) is 29.9 Å². The molecule has 1 aromatic carbocycles. The summed E-state index contributed by atoms with van der Waals surface area (Å²) >= 11 is 0. The van der Waals surface area contributed by atoms with Crippen LogP contribution in [0.2, 0.25) is 0 Å². The Morgan fingerprint density at radius 3 is 2.67 bits per heavy atom. The second-order valence-electron chi connectivity index (χ2n) is 11.0. The van der Waals surface area contributed by atoms with E-state index in [-0.39, 0.29) is 24.6 Å². The summed E-state index contributed by atoms with van der Waals surface area (Å²) in [7, 11) is 2.05. The summed E-state index contributed by atoms with van der Waals surface area (Å²) in [5, 5.41) is 7.73. The van der Waals surface area contributed by atoms with Crippen LogP contribution in [0.3, 0.4) is 0 Å². The lowest BCUT2D eigenvalue weighted by Gasteiger charge is -2.36. The van der Waals surface area contributed by atoms with Crippen LogP contribution in [0, 0.1) is 0 Å². The van der Waals surface area contributed by atoms with Crippen molar-refractivity contribution in [3.63, 3.8) is 0 Å². The van der Waals surface area contributed by atoms with E-state index in [1.165, 1.54) is 4.90 Å². The Labute approximate surface area is 240 Å². The Kier molecular flexibility index (Phi) is 7.62. The second kappa shape index (κ2) is 11.4. The molecule has 42 heavy (non-hydrogen) atoms. The van der Waals surface area contributed by atoms with E-state index >= 15 is 0 Å². The lowest BCUT2D eigenvalue weighted by atomic mass is 10.00. The highest BCUT2D eigenvalue weighted by atomic mass is 19.4. The predicted octanol–water partition coefficient (Wildman–Crippen LogP) is 3.59. The Balaban J connectivity index is 1.12. The van der Waals surface area contributed by atoms with Gasteiger partial charge >= 0.3 is 6.18 Å². The summed E-state index contributed by atoms with van der Waals surface area (Å²) in [6, 6.07) is 11.0. The summed E-state index contributed by atoms with van der Waals surface area (Å²) in [6.07, 6.45) is -1.82. The number of carbonyl (C=O) groups is 2. The number of aromatic nitrogens is 3. The van der Waals surface area contributed by atoms with Crippen molar-refractivity contribution in [2.75, 3.05) is 51.7 Å². The standard InChI is InChI=1S/C29H32F3N7O3/c1-36-15-22-18-42-23(16-36)17-38(22)27(41)20-4-6-21(7-5-20)33-28-34-26-24(3-2-12-39(26)35-28)19-9-13-37(14-10-19)25(40)8-11-29(30,31)32/h2-7,9,12,22-23H,8,10-11,13-18H2,1H3,(H,33,35). The average Bonchev–Trinajstić information content (AvgIpc) is 3.20. The van der Waals surface area contributed by atoms with E-state index in [4.69, 9.17) is 4.74 Å². The largest absolute Gasteiger partial charge is 0.389 e. The lowest BCUT2D eigenvalue weighted by Crippen LogP contribution is -2.52. The van der Waals surface area contributed by atoms with E-state index < -0.39 is 24.9 Å². The first-order chi connectivity index (χ1) is 20.1. The zero-order chi connectivity index (χ0) is 29.4. The van der Waals surface area contributed by atoms with Crippen LogP contribution >= 0.6 is 0 Å². The van der Waals surface area contributed by atoms with Crippen LogP contribution < -0.4 is 5.32 Å². The molecule has 0 aliphatic carbocycles. The van der Waals surface area contributed by atoms with E-state index in [9.17, 15) is 22.8 Å². The molecule has 13 heteroatoms. The van der Waals surface area contributed by atoms with Gasteiger partial charge in [0.05, 0.1) is 25.2 Å². The van der Waals surface area contributed by atoms with Gasteiger partial charge in [-0.2, -0.15) is 18.2 Å². The van der Waals surface area contributed by atoms with Crippen molar-refractivity contribution in [2.24, 2.45) is 0 Å². The summed E-state index contributed by atoms with van der Waals surface area (Å²) in [5.74, 6) is -0.123. The number of alkyl halides is 3. The topological polar surface area (TPSA) is 95.3 Å². The number of anilines is 2. The number of likely N-dealkylation sites (N-methyl/N-ethyl adjacent to an activating group) is 1. The molecule has 2 atom stereocenters. The highest BCUT2D eigenvalue weighted by molar-refractivity contribution is 5.95. The molecule has 2 aromatic heterocycles. The van der Waals surface area contributed by atoms with Gasteiger partial charge in [-0.3, -0.25) is 9.59 Å². The highest BCUT2D eigenvalue weighted by Gasteiger charge is 2.37. The number of pyridine rings is 1. The van der Waals surface area contributed by atoms with Crippen LogP contribution in [0.1, 0.15) is 35.2 Å². The summed E-state index contributed by atoms with van der Waals surface area (Å²) in [6.45, 7) is 3.34. The molecule has 3 aromatic rings. The van der Waals surface area contributed by atoms with E-state index in [1.54, 1.807) is 22.8 Å². The number of carbonyl (C=O) groups excluding carboxylic acids is 2. The molecule has 4 aliphatic rings. The van der Waals surface area contributed by atoms with Gasteiger partial charge < -0.3 is 24.8 Å². The van der Waals surface area contributed by atoms with Gasteiger partial charge in [-0.1, -0.05) is 6.08 Å². The number of amides is 2. The SMILES string of the molecule is CN1CC2CN(C(=O)c3ccc(Nc4nc5c(C6=CCN(C(=O)CCC(F)(F)F)CC6)cccn5n4)cc3)C(CO2)C1. The van der Waals surface area contributed by atoms with Crippen LogP contribution in [0.4, 0.5) is 24.8 Å². The second-order valence-corrected chi connectivity index (χ2v) is 11.0. The first kappa shape index (κ1) is 28.2. The zero-order valence-electron chi connectivity index (χ0n) is 23.2. The molecular formula is C29H32F3N7O3. The fourth-order valence-corrected chi connectivity index (χ4v) is 5.80. The van der Waals surface area contributed by atoms with Crippen LogP contribution in [-0.2, 0) is 9.53 Å². The van der Waals surface area contributed by atoms with Crippen LogP contribution in [0.5, 0.6) is 0 Å². The molecule has 1 N–H and O–H groups in total. The smallest absolute Gasteiger partial charge is 0.373 e. The Hall–Kier alpha value is -3.97. The molecule has 0 saturated carbocycles. The van der Waals surface area contributed by atoms with Gasteiger partial charge in [0.15, 0.2) is 5.65 Å². The molecule has 2 bridgehead atoms. The maximum absolute atomic E-state index is 13.3. The van der Waals surface area contributed by atoms with Gasteiger partial charge in [0.1, 0.15) is 0 Å². The molecule has 7 rings (SSSR count). The Morgan fingerprint density at radius 1 is 1.12 bits per heavy atom. The number of rotatable bonds is 6. The molecule has 0 spiro atoms. The van der Waals surface area contributed by atoms with Gasteiger partial charge in [-0.25, -0.2) is 4.52 Å². The molecule has 2 amide bonds. The monoisotopic (exact) mass is 583 g/mol. The lowest BCUT2D eigenvalue weighted by molar-refractivity contribution is -0.148. The number of fused-ring (bicyclic) bond motifs is 5. The van der Waals surface area contributed by atoms with Crippen LogP contribution in [0.25, 0.3) is 11.2 Å². The Bertz CT molecular complexity index is 1500. The first-order valence-corrected chi connectivity index (χ1v) is 14.0. The fraction of sp³-hybridized carbons (Fsp3) is 0.448. The minimum atomic E-state index is -4.35. The summed E-state index contributed by atoms with van der Waals surface area (Å²) in [4.78, 5) is 35.7. The number of hydrogen-bond acceptors (Lipinski definition) is 7. The van der Waals surface area contributed by atoms with Gasteiger partial charge in [-0.15, -0.1) is 5.10 Å². The van der Waals surface area contributed by atoms with Gasteiger partial charge in [0, 0.05) is 62.2 Å². The number of morpholine rings is 1. The normalized spacial score (nSPS) is 21.4. The Morgan fingerprint density at radius 2 is 1.93 bits per heavy atom. The molecule has 3 saturated heterocycles. The number of benzene rings is 1. The molecule has 4 aliphatic heterocycles. The van der Waals surface area contributed by atoms with Crippen molar-refractivity contribution >= 4 is 34.7 Å². The molecule has 3 fully saturated rings. The number of nitrogens with one attached hydrogen (secondary N) is 1. The third kappa shape index (κ3) is 6.12. The number of ether oxygens (including phenoxy) is 1. The van der Waals surface area contributed by atoms with Gasteiger partial charge in [0.2, 0.25) is 11.9 Å². The molecule has 0 radical (unpaired) electrons. The first-order valence-electron chi connectivity index (χ1n) is 14.0.